The molecule has 2 aromatic heterocycles. The molecule has 5 heteroatoms. The van der Waals surface area contributed by atoms with E-state index >= 15 is 0 Å². The van der Waals surface area contributed by atoms with Gasteiger partial charge in [-0.3, -0.25) is 4.79 Å². The molecule has 0 saturated heterocycles. The third-order valence-electron chi connectivity index (χ3n) is 2.91. The van der Waals surface area contributed by atoms with Crippen LogP contribution in [-0.4, -0.2) is 17.5 Å². The molecule has 0 radical (unpaired) electrons. The maximum atomic E-state index is 12.1. The summed E-state index contributed by atoms with van der Waals surface area (Å²) < 4.78 is 6.45. The standard InChI is InChI=1S/C15H14N2O2S/c1-2-19-11-5-3-10(4-6-11)16-15(18)13-9-14-12(17-13)7-8-20-14/h3-9,17H,2H2,1H3,(H,16,18). The second-order valence-corrected chi connectivity index (χ2v) is 5.24. The fraction of sp³-hybridized carbons (Fsp3) is 0.133. The number of fused-ring (bicyclic) bond motifs is 1. The van der Waals surface area contributed by atoms with Gasteiger partial charge in [-0.1, -0.05) is 0 Å². The minimum atomic E-state index is -0.141. The van der Waals surface area contributed by atoms with Crippen molar-refractivity contribution in [1.82, 2.24) is 4.98 Å². The van der Waals surface area contributed by atoms with E-state index in [4.69, 9.17) is 4.74 Å². The van der Waals surface area contributed by atoms with Crippen LogP contribution in [-0.2, 0) is 0 Å². The monoisotopic (exact) mass is 286 g/mol. The Balaban J connectivity index is 1.73. The van der Waals surface area contributed by atoms with Crippen molar-refractivity contribution in [3.05, 3.63) is 47.5 Å². The minimum Gasteiger partial charge on any atom is -0.494 e. The minimum absolute atomic E-state index is 0.141. The number of hydrogen-bond donors (Lipinski definition) is 2. The van der Waals surface area contributed by atoms with Crippen molar-refractivity contribution >= 4 is 33.1 Å². The number of nitrogens with one attached hydrogen (secondary N) is 2. The molecule has 0 saturated carbocycles. The first-order valence-electron chi connectivity index (χ1n) is 6.36. The number of amides is 1. The van der Waals surface area contributed by atoms with E-state index in [-0.39, 0.29) is 5.91 Å². The fourth-order valence-corrected chi connectivity index (χ4v) is 2.75. The highest BCUT2D eigenvalue weighted by Gasteiger charge is 2.10. The van der Waals surface area contributed by atoms with Gasteiger partial charge in [-0.15, -0.1) is 11.3 Å². The lowest BCUT2D eigenvalue weighted by Gasteiger charge is -2.06. The number of ether oxygens (including phenoxy) is 1. The molecule has 2 heterocycles. The van der Waals surface area contributed by atoms with Crippen molar-refractivity contribution in [3.8, 4) is 5.75 Å². The zero-order valence-electron chi connectivity index (χ0n) is 11.0. The van der Waals surface area contributed by atoms with E-state index in [0.29, 0.717) is 12.3 Å². The van der Waals surface area contributed by atoms with Gasteiger partial charge in [-0.25, -0.2) is 0 Å². The van der Waals surface area contributed by atoms with Gasteiger partial charge in [0, 0.05) is 5.69 Å². The number of H-pyrrole nitrogens is 1. The summed E-state index contributed by atoms with van der Waals surface area (Å²) in [6, 6.07) is 11.2. The van der Waals surface area contributed by atoms with Crippen molar-refractivity contribution in [1.29, 1.82) is 0 Å². The predicted octanol–water partition coefficient (Wildman–Crippen LogP) is 3.88. The third kappa shape index (κ3) is 2.53. The van der Waals surface area contributed by atoms with Crippen LogP contribution in [0.25, 0.3) is 10.2 Å². The second-order valence-electron chi connectivity index (χ2n) is 4.29. The number of carbonyl (C=O) groups is 1. The van der Waals surface area contributed by atoms with E-state index in [1.807, 2.05) is 48.7 Å². The highest BCUT2D eigenvalue weighted by molar-refractivity contribution is 7.17. The summed E-state index contributed by atoms with van der Waals surface area (Å²) in [5.74, 6) is 0.656. The molecule has 2 N–H and O–H groups in total. The van der Waals surface area contributed by atoms with Crippen LogP contribution in [0.2, 0.25) is 0 Å². The maximum absolute atomic E-state index is 12.1. The van der Waals surface area contributed by atoms with Gasteiger partial charge in [0.2, 0.25) is 0 Å². The number of aromatic nitrogens is 1. The number of thiophene rings is 1. The number of carbonyl (C=O) groups excluding carboxylic acids is 1. The van der Waals surface area contributed by atoms with Gasteiger partial charge in [0.15, 0.2) is 0 Å². The summed E-state index contributed by atoms with van der Waals surface area (Å²) in [6.45, 7) is 2.57. The molecular formula is C15H14N2O2S. The fourth-order valence-electron chi connectivity index (χ4n) is 1.97. The van der Waals surface area contributed by atoms with Gasteiger partial charge in [0.05, 0.1) is 16.8 Å². The molecule has 4 nitrogen and oxygen atoms in total. The molecule has 0 bridgehead atoms. The largest absolute Gasteiger partial charge is 0.494 e. The zero-order chi connectivity index (χ0) is 13.9. The van der Waals surface area contributed by atoms with Crippen LogP contribution in [0.3, 0.4) is 0 Å². The van der Waals surface area contributed by atoms with Crippen molar-refractivity contribution in [2.75, 3.05) is 11.9 Å². The summed E-state index contributed by atoms with van der Waals surface area (Å²) in [5, 5.41) is 4.85. The lowest BCUT2D eigenvalue weighted by molar-refractivity contribution is 0.102. The van der Waals surface area contributed by atoms with Crippen molar-refractivity contribution in [2.45, 2.75) is 6.92 Å². The first kappa shape index (κ1) is 12.7. The summed E-state index contributed by atoms with van der Waals surface area (Å²) in [4.78, 5) is 15.2. The van der Waals surface area contributed by atoms with E-state index < -0.39 is 0 Å². The second kappa shape index (κ2) is 5.38. The third-order valence-corrected chi connectivity index (χ3v) is 3.77. The number of aromatic amines is 1. The van der Waals surface area contributed by atoms with E-state index in [2.05, 4.69) is 10.3 Å². The lowest BCUT2D eigenvalue weighted by Crippen LogP contribution is -2.12. The first-order valence-corrected chi connectivity index (χ1v) is 7.24. The average Bonchev–Trinajstić information content (AvgIpc) is 3.02. The van der Waals surface area contributed by atoms with E-state index in [1.165, 1.54) is 0 Å². The molecule has 1 aromatic carbocycles. The Morgan fingerprint density at radius 3 is 2.80 bits per heavy atom. The molecular weight excluding hydrogens is 272 g/mol. The smallest absolute Gasteiger partial charge is 0.272 e. The molecule has 1 amide bonds. The van der Waals surface area contributed by atoms with E-state index in [0.717, 1.165) is 21.7 Å². The van der Waals surface area contributed by atoms with Gasteiger partial charge in [0.1, 0.15) is 11.4 Å². The summed E-state index contributed by atoms with van der Waals surface area (Å²) in [7, 11) is 0. The van der Waals surface area contributed by atoms with E-state index in [9.17, 15) is 4.79 Å². The van der Waals surface area contributed by atoms with Gasteiger partial charge in [-0.2, -0.15) is 0 Å². The molecule has 0 fully saturated rings. The van der Waals surface area contributed by atoms with Crippen molar-refractivity contribution in [2.24, 2.45) is 0 Å². The Labute approximate surface area is 120 Å². The molecule has 3 aromatic rings. The van der Waals surface area contributed by atoms with Gasteiger partial charge in [0.25, 0.3) is 5.91 Å². The van der Waals surface area contributed by atoms with Crippen molar-refractivity contribution < 1.29 is 9.53 Å². The molecule has 0 aliphatic carbocycles. The van der Waals surface area contributed by atoms with Gasteiger partial charge >= 0.3 is 0 Å². The molecule has 0 unspecified atom stereocenters. The lowest BCUT2D eigenvalue weighted by atomic mass is 10.3. The van der Waals surface area contributed by atoms with Crippen LogP contribution in [0.4, 0.5) is 5.69 Å². The molecule has 0 atom stereocenters. The number of anilines is 1. The van der Waals surface area contributed by atoms with Crippen LogP contribution in [0.15, 0.2) is 41.8 Å². The molecule has 20 heavy (non-hydrogen) atoms. The van der Waals surface area contributed by atoms with Crippen LogP contribution in [0, 0.1) is 0 Å². The van der Waals surface area contributed by atoms with Gasteiger partial charge < -0.3 is 15.0 Å². The van der Waals surface area contributed by atoms with Crippen LogP contribution >= 0.6 is 11.3 Å². The highest BCUT2D eigenvalue weighted by atomic mass is 32.1. The topological polar surface area (TPSA) is 54.1 Å². The molecule has 102 valence electrons. The molecule has 0 aliphatic heterocycles. The first-order chi connectivity index (χ1) is 9.76. The zero-order valence-corrected chi connectivity index (χ0v) is 11.8. The predicted molar refractivity (Wildman–Crippen MR) is 81.7 cm³/mol. The average molecular weight is 286 g/mol. The normalized spacial score (nSPS) is 10.7. The van der Waals surface area contributed by atoms with E-state index in [1.54, 1.807) is 11.3 Å². The molecule has 3 rings (SSSR count). The van der Waals surface area contributed by atoms with Crippen LogP contribution in [0.5, 0.6) is 5.75 Å². The Bertz CT molecular complexity index is 699. The molecule has 0 aliphatic rings. The SMILES string of the molecule is CCOc1ccc(NC(=O)c2cc3sccc3[nH]2)cc1. The number of benzene rings is 1. The summed E-state index contributed by atoms with van der Waals surface area (Å²) in [6.07, 6.45) is 0. The Kier molecular flexibility index (Phi) is 3.43. The maximum Gasteiger partial charge on any atom is 0.272 e. The summed E-state index contributed by atoms with van der Waals surface area (Å²) in [5.41, 5.74) is 2.31. The van der Waals surface area contributed by atoms with Gasteiger partial charge in [-0.05, 0) is 48.7 Å². The Morgan fingerprint density at radius 2 is 2.10 bits per heavy atom. The molecule has 0 spiro atoms. The van der Waals surface area contributed by atoms with Crippen LogP contribution in [0.1, 0.15) is 17.4 Å². The van der Waals surface area contributed by atoms with Crippen LogP contribution < -0.4 is 10.1 Å². The number of rotatable bonds is 4. The van der Waals surface area contributed by atoms with Crippen molar-refractivity contribution in [3.63, 3.8) is 0 Å². The quantitative estimate of drug-likeness (QED) is 0.764. The number of hydrogen-bond acceptors (Lipinski definition) is 3. The summed E-state index contributed by atoms with van der Waals surface area (Å²) >= 11 is 1.61. The highest BCUT2D eigenvalue weighted by Crippen LogP contribution is 2.22. The Hall–Kier alpha value is -2.27. The Morgan fingerprint density at radius 1 is 1.30 bits per heavy atom.